The van der Waals surface area contributed by atoms with Crippen molar-refractivity contribution in [3.8, 4) is 0 Å². The molecule has 0 aliphatic rings. The maximum Gasteiger partial charge on any atom is 0.460 e. The van der Waals surface area contributed by atoms with Crippen molar-refractivity contribution in [3.63, 3.8) is 0 Å². The first kappa shape index (κ1) is 27.0. The smallest absolute Gasteiger partial charge is 0.349 e. The third-order valence-electron chi connectivity index (χ3n) is 3.02. The lowest BCUT2D eigenvalue weighted by molar-refractivity contribution is -0.344. The van der Waals surface area contributed by atoms with Gasteiger partial charge in [-0.15, -0.1) is 0 Å². The van der Waals surface area contributed by atoms with Gasteiger partial charge in [0.05, 0.1) is 0 Å². The number of nitrogens with one attached hydrogen (secondary N) is 2. The van der Waals surface area contributed by atoms with Crippen LogP contribution in [-0.4, -0.2) is 60.4 Å². The SMILES string of the molecule is CC(CNC(=O)C(F)(F)C(F)(F)C(F)(F)F)NC(=O)C(F)(F)C(F)(F)C(F)(F)F. The van der Waals surface area contributed by atoms with Crippen LogP contribution in [0.25, 0.3) is 0 Å². The van der Waals surface area contributed by atoms with E-state index in [4.69, 9.17) is 0 Å². The number of alkyl halides is 14. The highest BCUT2D eigenvalue weighted by molar-refractivity contribution is 5.86. The van der Waals surface area contributed by atoms with Crippen LogP contribution in [0.1, 0.15) is 6.92 Å². The third kappa shape index (κ3) is 4.93. The van der Waals surface area contributed by atoms with Gasteiger partial charge >= 0.3 is 36.0 Å². The second-order valence-corrected chi connectivity index (χ2v) is 5.38. The van der Waals surface area contributed by atoms with Crippen LogP contribution in [0.15, 0.2) is 0 Å². The molecule has 2 amide bonds. The first-order chi connectivity index (χ1) is 12.4. The van der Waals surface area contributed by atoms with E-state index in [1.807, 2.05) is 0 Å². The van der Waals surface area contributed by atoms with Crippen LogP contribution in [-0.2, 0) is 9.59 Å². The van der Waals surface area contributed by atoms with Crippen LogP contribution in [0.2, 0.25) is 0 Å². The predicted molar refractivity (Wildman–Crippen MR) is 62.5 cm³/mol. The second-order valence-electron chi connectivity index (χ2n) is 5.38. The average molecular weight is 466 g/mol. The van der Waals surface area contributed by atoms with Gasteiger partial charge in [0.1, 0.15) is 0 Å². The summed E-state index contributed by atoms with van der Waals surface area (Å²) in [4.78, 5) is 21.8. The standard InChI is InChI=1S/C11H8F14N2O2/c1-3(27-5(29)7(14,15)9(18,19)11(23,24)25)2-26-4(28)6(12,13)8(16,17)10(20,21)22/h3H,2H2,1H3,(H,26,28)(H,27,29). The zero-order valence-corrected chi connectivity index (χ0v) is 13.4. The van der Waals surface area contributed by atoms with Crippen LogP contribution >= 0.6 is 0 Å². The number of carbonyl (C=O) groups excluding carboxylic acids is 2. The van der Waals surface area contributed by atoms with Crippen molar-refractivity contribution in [2.45, 2.75) is 49.0 Å². The summed E-state index contributed by atoms with van der Waals surface area (Å²) >= 11 is 0. The van der Waals surface area contributed by atoms with E-state index in [0.29, 0.717) is 12.2 Å². The summed E-state index contributed by atoms with van der Waals surface area (Å²) in [6.07, 6.45) is -13.8. The van der Waals surface area contributed by atoms with Crippen LogP contribution in [0.3, 0.4) is 0 Å². The zero-order valence-electron chi connectivity index (χ0n) is 13.4. The molecule has 18 heteroatoms. The fraction of sp³-hybridized carbons (Fsp3) is 0.818. The molecular weight excluding hydrogens is 458 g/mol. The van der Waals surface area contributed by atoms with Crippen LogP contribution < -0.4 is 10.6 Å². The molecule has 0 aromatic rings. The topological polar surface area (TPSA) is 58.2 Å². The molecule has 0 aromatic carbocycles. The molecule has 0 heterocycles. The Morgan fingerprint density at radius 2 is 0.966 bits per heavy atom. The highest BCUT2D eigenvalue weighted by Gasteiger charge is 2.77. The minimum Gasteiger partial charge on any atom is -0.349 e. The van der Waals surface area contributed by atoms with Crippen LogP contribution in [0.5, 0.6) is 0 Å². The monoisotopic (exact) mass is 466 g/mol. The minimum absolute atomic E-state index is 0.431. The van der Waals surface area contributed by atoms with Gasteiger partial charge in [0.15, 0.2) is 0 Å². The molecule has 0 spiro atoms. The summed E-state index contributed by atoms with van der Waals surface area (Å²) in [5.74, 6) is -33.2. The van der Waals surface area contributed by atoms with E-state index in [-0.39, 0.29) is 0 Å². The van der Waals surface area contributed by atoms with E-state index in [0.717, 1.165) is 5.32 Å². The highest BCUT2D eigenvalue weighted by Crippen LogP contribution is 2.47. The molecule has 4 nitrogen and oxygen atoms in total. The maximum atomic E-state index is 13.0. The molecule has 0 fully saturated rings. The van der Waals surface area contributed by atoms with Crippen molar-refractivity contribution in [1.82, 2.24) is 10.6 Å². The van der Waals surface area contributed by atoms with Crippen LogP contribution in [0, 0.1) is 0 Å². The highest BCUT2D eigenvalue weighted by atomic mass is 19.4. The number of halogens is 14. The molecule has 0 aromatic heterocycles. The Hall–Kier alpha value is -2.04. The number of carbonyl (C=O) groups is 2. The largest absolute Gasteiger partial charge is 0.460 e. The van der Waals surface area contributed by atoms with E-state index >= 15 is 0 Å². The Morgan fingerprint density at radius 1 is 0.655 bits per heavy atom. The fourth-order valence-corrected chi connectivity index (χ4v) is 1.36. The van der Waals surface area contributed by atoms with E-state index < -0.39 is 60.4 Å². The van der Waals surface area contributed by atoms with E-state index in [1.165, 1.54) is 0 Å². The Kier molecular flexibility index (Phi) is 7.12. The Labute approximate surface area is 150 Å². The van der Waals surface area contributed by atoms with Gasteiger partial charge in [-0.1, -0.05) is 0 Å². The molecule has 29 heavy (non-hydrogen) atoms. The Bertz CT molecular complexity index is 624. The Balaban J connectivity index is 5.17. The number of hydrogen-bond donors (Lipinski definition) is 2. The predicted octanol–water partition coefficient (Wildman–Crippen LogP) is 3.27. The number of hydrogen-bond acceptors (Lipinski definition) is 2. The second kappa shape index (κ2) is 7.66. The van der Waals surface area contributed by atoms with Gasteiger partial charge in [-0.2, -0.15) is 61.5 Å². The molecule has 0 rings (SSSR count). The molecule has 0 aliphatic heterocycles. The molecule has 0 aliphatic carbocycles. The van der Waals surface area contributed by atoms with E-state index in [1.54, 1.807) is 0 Å². The summed E-state index contributed by atoms with van der Waals surface area (Å²) in [7, 11) is 0. The molecule has 2 N–H and O–H groups in total. The molecule has 0 saturated heterocycles. The van der Waals surface area contributed by atoms with Crippen molar-refractivity contribution in [1.29, 1.82) is 0 Å². The molecule has 0 saturated carbocycles. The minimum atomic E-state index is -6.89. The van der Waals surface area contributed by atoms with Crippen molar-refractivity contribution >= 4 is 11.8 Å². The normalized spacial score (nSPS) is 15.7. The van der Waals surface area contributed by atoms with Gasteiger partial charge in [-0.25, -0.2) is 0 Å². The maximum absolute atomic E-state index is 13.0. The van der Waals surface area contributed by atoms with Gasteiger partial charge in [0.25, 0.3) is 11.8 Å². The summed E-state index contributed by atoms with van der Waals surface area (Å²) < 4.78 is 174. The fourth-order valence-electron chi connectivity index (χ4n) is 1.36. The summed E-state index contributed by atoms with van der Waals surface area (Å²) in [6, 6.07) is -2.18. The summed E-state index contributed by atoms with van der Waals surface area (Å²) in [5, 5.41) is 1.42. The molecule has 0 radical (unpaired) electrons. The van der Waals surface area contributed by atoms with Crippen molar-refractivity contribution in [2.24, 2.45) is 0 Å². The quantitative estimate of drug-likeness (QED) is 0.567. The molecule has 172 valence electrons. The van der Waals surface area contributed by atoms with Gasteiger partial charge in [-0.05, 0) is 6.92 Å². The molecule has 1 atom stereocenters. The number of rotatable bonds is 7. The van der Waals surface area contributed by atoms with E-state index in [9.17, 15) is 71.1 Å². The number of amides is 2. The van der Waals surface area contributed by atoms with Crippen LogP contribution in [0.4, 0.5) is 61.5 Å². The van der Waals surface area contributed by atoms with Gasteiger partial charge < -0.3 is 10.6 Å². The lowest BCUT2D eigenvalue weighted by atomic mass is 10.1. The molecule has 0 bridgehead atoms. The van der Waals surface area contributed by atoms with Gasteiger partial charge in [-0.3, -0.25) is 9.59 Å². The first-order valence-electron chi connectivity index (χ1n) is 6.68. The molecule has 1 unspecified atom stereocenters. The molecular formula is C11H8F14N2O2. The van der Waals surface area contributed by atoms with Crippen molar-refractivity contribution in [3.05, 3.63) is 0 Å². The van der Waals surface area contributed by atoms with E-state index in [2.05, 4.69) is 0 Å². The van der Waals surface area contributed by atoms with Gasteiger partial charge in [0.2, 0.25) is 0 Å². The van der Waals surface area contributed by atoms with Crippen molar-refractivity contribution in [2.75, 3.05) is 6.54 Å². The van der Waals surface area contributed by atoms with Crippen molar-refractivity contribution < 1.29 is 71.1 Å². The zero-order chi connectivity index (χ0) is 23.9. The summed E-state index contributed by atoms with van der Waals surface area (Å²) in [5.41, 5.74) is 0. The lowest BCUT2D eigenvalue weighted by Crippen LogP contribution is -2.62. The lowest BCUT2D eigenvalue weighted by Gasteiger charge is -2.29. The summed E-state index contributed by atoms with van der Waals surface area (Å²) in [6.45, 7) is -1.19. The van der Waals surface area contributed by atoms with Gasteiger partial charge in [0, 0.05) is 12.6 Å². The Morgan fingerprint density at radius 3 is 1.28 bits per heavy atom. The first-order valence-corrected chi connectivity index (χ1v) is 6.68. The third-order valence-corrected chi connectivity index (χ3v) is 3.02. The average Bonchev–Trinajstić information content (AvgIpc) is 2.49.